The summed E-state index contributed by atoms with van der Waals surface area (Å²) in [5.74, 6) is 0.186. The van der Waals surface area contributed by atoms with Crippen molar-refractivity contribution in [3.8, 4) is 0 Å². The first-order valence-electron chi connectivity index (χ1n) is 3.22. The molecule has 0 spiro atoms. The molecule has 10 heavy (non-hydrogen) atoms. The summed E-state index contributed by atoms with van der Waals surface area (Å²) in [6.45, 7) is 0.510. The Labute approximate surface area is 59.1 Å². The standard InChI is InChI=1S/C8H7NO/c10-8-5-7-3-1-2-4-9(7)6-8/h1-5H,6H2. The van der Waals surface area contributed by atoms with Crippen LogP contribution < -0.4 is 0 Å². The van der Waals surface area contributed by atoms with E-state index in [9.17, 15) is 4.79 Å². The fourth-order valence-corrected chi connectivity index (χ4v) is 1.14. The second-order valence-corrected chi connectivity index (χ2v) is 2.36. The van der Waals surface area contributed by atoms with Crippen LogP contribution in [0.5, 0.6) is 0 Å². The predicted molar refractivity (Wildman–Crippen MR) is 38.1 cm³/mol. The molecule has 0 radical (unpaired) electrons. The van der Waals surface area contributed by atoms with Crippen molar-refractivity contribution >= 4 is 5.78 Å². The van der Waals surface area contributed by atoms with Crippen LogP contribution in [0.3, 0.4) is 0 Å². The first-order valence-corrected chi connectivity index (χ1v) is 3.22. The van der Waals surface area contributed by atoms with E-state index >= 15 is 0 Å². The van der Waals surface area contributed by atoms with E-state index in [1.54, 1.807) is 6.08 Å². The van der Waals surface area contributed by atoms with Crippen molar-refractivity contribution < 1.29 is 4.79 Å². The molecule has 2 heterocycles. The first kappa shape index (κ1) is 5.47. The molecular formula is C8H7NO. The molecule has 2 nitrogen and oxygen atoms in total. The molecule has 0 bridgehead atoms. The van der Waals surface area contributed by atoms with Crippen LogP contribution in [-0.4, -0.2) is 17.2 Å². The topological polar surface area (TPSA) is 20.3 Å². The highest BCUT2D eigenvalue weighted by molar-refractivity contribution is 5.95. The fraction of sp³-hybridized carbons (Fsp3) is 0.125. The van der Waals surface area contributed by atoms with Gasteiger partial charge in [-0.2, -0.15) is 0 Å². The normalized spacial score (nSPS) is 21.4. The van der Waals surface area contributed by atoms with Gasteiger partial charge in [0.2, 0.25) is 0 Å². The highest BCUT2D eigenvalue weighted by atomic mass is 16.1. The molecule has 0 saturated heterocycles. The Hall–Kier alpha value is -1.31. The van der Waals surface area contributed by atoms with Crippen molar-refractivity contribution in [2.45, 2.75) is 0 Å². The number of nitrogens with zero attached hydrogens (tertiary/aromatic N) is 1. The van der Waals surface area contributed by atoms with Crippen LogP contribution in [0.2, 0.25) is 0 Å². The van der Waals surface area contributed by atoms with Crippen molar-refractivity contribution in [2.75, 3.05) is 6.54 Å². The summed E-state index contributed by atoms with van der Waals surface area (Å²) in [7, 11) is 0. The number of allylic oxidation sites excluding steroid dienone is 3. The monoisotopic (exact) mass is 133 g/mol. The van der Waals surface area contributed by atoms with E-state index in [-0.39, 0.29) is 5.78 Å². The molecule has 0 fully saturated rings. The summed E-state index contributed by atoms with van der Waals surface area (Å²) in [4.78, 5) is 12.8. The molecule has 2 rings (SSSR count). The van der Waals surface area contributed by atoms with E-state index in [4.69, 9.17) is 0 Å². The highest BCUT2D eigenvalue weighted by Crippen LogP contribution is 2.16. The lowest BCUT2D eigenvalue weighted by Crippen LogP contribution is -2.15. The van der Waals surface area contributed by atoms with Gasteiger partial charge in [-0.05, 0) is 12.2 Å². The number of rotatable bonds is 0. The van der Waals surface area contributed by atoms with Gasteiger partial charge in [-0.15, -0.1) is 0 Å². The zero-order valence-electron chi connectivity index (χ0n) is 5.45. The van der Waals surface area contributed by atoms with Gasteiger partial charge in [0.1, 0.15) is 0 Å². The van der Waals surface area contributed by atoms with Gasteiger partial charge in [-0.25, -0.2) is 0 Å². The Morgan fingerprint density at radius 1 is 1.40 bits per heavy atom. The Balaban J connectivity index is 2.37. The lowest BCUT2D eigenvalue weighted by Gasteiger charge is -2.15. The third-order valence-electron chi connectivity index (χ3n) is 1.61. The molecule has 2 aliphatic rings. The maximum atomic E-state index is 10.8. The number of carbonyl (C=O) groups excluding carboxylic acids is 1. The molecule has 0 saturated carbocycles. The third-order valence-corrected chi connectivity index (χ3v) is 1.61. The summed E-state index contributed by atoms with van der Waals surface area (Å²) in [6, 6.07) is 0. The molecule has 0 aliphatic carbocycles. The third kappa shape index (κ3) is 0.692. The fourth-order valence-electron chi connectivity index (χ4n) is 1.14. The van der Waals surface area contributed by atoms with Crippen LogP contribution in [-0.2, 0) is 4.79 Å². The first-order chi connectivity index (χ1) is 4.86. The van der Waals surface area contributed by atoms with Crippen LogP contribution in [0.15, 0.2) is 36.2 Å². The summed E-state index contributed by atoms with van der Waals surface area (Å²) < 4.78 is 0. The number of hydrogen-bond acceptors (Lipinski definition) is 2. The molecule has 2 aliphatic heterocycles. The van der Waals surface area contributed by atoms with E-state index < -0.39 is 0 Å². The Morgan fingerprint density at radius 2 is 2.30 bits per heavy atom. The second-order valence-electron chi connectivity index (χ2n) is 2.36. The lowest BCUT2D eigenvalue weighted by atomic mass is 10.3. The van der Waals surface area contributed by atoms with Crippen LogP contribution in [0.25, 0.3) is 0 Å². The molecule has 50 valence electrons. The molecular weight excluding hydrogens is 126 g/mol. The summed E-state index contributed by atoms with van der Waals surface area (Å²) in [5, 5.41) is 0. The van der Waals surface area contributed by atoms with E-state index in [0.29, 0.717) is 6.54 Å². The van der Waals surface area contributed by atoms with Crippen LogP contribution in [0, 0.1) is 0 Å². The van der Waals surface area contributed by atoms with Gasteiger partial charge < -0.3 is 4.90 Å². The summed E-state index contributed by atoms with van der Waals surface area (Å²) >= 11 is 0. The Morgan fingerprint density at radius 3 is 3.10 bits per heavy atom. The zero-order chi connectivity index (χ0) is 6.97. The van der Waals surface area contributed by atoms with E-state index in [0.717, 1.165) is 5.70 Å². The summed E-state index contributed by atoms with van der Waals surface area (Å²) in [5.41, 5.74) is 1.01. The molecule has 0 aromatic carbocycles. The van der Waals surface area contributed by atoms with Crippen molar-refractivity contribution in [3.63, 3.8) is 0 Å². The number of hydrogen-bond donors (Lipinski definition) is 0. The van der Waals surface area contributed by atoms with Crippen LogP contribution in [0.4, 0.5) is 0 Å². The van der Waals surface area contributed by atoms with Crippen molar-refractivity contribution in [1.29, 1.82) is 0 Å². The minimum Gasteiger partial charge on any atom is -0.340 e. The minimum atomic E-state index is 0.186. The minimum absolute atomic E-state index is 0.186. The average molecular weight is 133 g/mol. The van der Waals surface area contributed by atoms with Crippen LogP contribution in [0.1, 0.15) is 0 Å². The molecule has 2 heteroatoms. The van der Waals surface area contributed by atoms with Gasteiger partial charge in [0, 0.05) is 18.0 Å². The quantitative estimate of drug-likeness (QED) is 0.488. The van der Waals surface area contributed by atoms with Gasteiger partial charge >= 0.3 is 0 Å². The van der Waals surface area contributed by atoms with Crippen molar-refractivity contribution in [1.82, 2.24) is 4.90 Å². The molecule has 0 unspecified atom stereocenters. The van der Waals surface area contributed by atoms with Gasteiger partial charge in [-0.3, -0.25) is 4.79 Å². The summed E-state index contributed by atoms with van der Waals surface area (Å²) in [6.07, 6.45) is 9.37. The average Bonchev–Trinajstić information content (AvgIpc) is 2.27. The smallest absolute Gasteiger partial charge is 0.177 e. The molecule has 0 amide bonds. The molecule has 0 atom stereocenters. The van der Waals surface area contributed by atoms with Gasteiger partial charge in [-0.1, -0.05) is 6.08 Å². The molecule has 0 aromatic rings. The van der Waals surface area contributed by atoms with E-state index in [1.807, 2.05) is 29.3 Å². The van der Waals surface area contributed by atoms with E-state index in [1.165, 1.54) is 0 Å². The maximum absolute atomic E-state index is 10.8. The van der Waals surface area contributed by atoms with Crippen molar-refractivity contribution in [3.05, 3.63) is 36.2 Å². The van der Waals surface area contributed by atoms with Crippen molar-refractivity contribution in [2.24, 2.45) is 0 Å². The Bertz CT molecular complexity index is 260. The SMILES string of the molecule is O=C1C=C2C=CC=CN2C1. The van der Waals surface area contributed by atoms with Gasteiger partial charge in [0.15, 0.2) is 5.78 Å². The van der Waals surface area contributed by atoms with Gasteiger partial charge in [0.25, 0.3) is 0 Å². The van der Waals surface area contributed by atoms with Gasteiger partial charge in [0.05, 0.1) is 6.54 Å². The second kappa shape index (κ2) is 1.84. The number of carbonyl (C=O) groups is 1. The number of ketones is 1. The lowest BCUT2D eigenvalue weighted by molar-refractivity contribution is -0.113. The number of fused-ring (bicyclic) bond motifs is 1. The molecule has 0 N–H and O–H groups in total. The largest absolute Gasteiger partial charge is 0.340 e. The van der Waals surface area contributed by atoms with E-state index in [2.05, 4.69) is 0 Å². The highest BCUT2D eigenvalue weighted by Gasteiger charge is 2.17. The molecule has 0 aromatic heterocycles. The maximum Gasteiger partial charge on any atom is 0.177 e. The van der Waals surface area contributed by atoms with Crippen LogP contribution >= 0.6 is 0 Å². The zero-order valence-corrected chi connectivity index (χ0v) is 5.45. The Kier molecular flexibility index (Phi) is 1.01. The predicted octanol–water partition coefficient (Wildman–Crippen LogP) is 0.838.